The highest BCUT2D eigenvalue weighted by Crippen LogP contribution is 2.21. The first-order valence-electron chi connectivity index (χ1n) is 8.14. The molecule has 0 spiro atoms. The van der Waals surface area contributed by atoms with Crippen molar-refractivity contribution in [3.05, 3.63) is 47.9 Å². The number of para-hydroxylation sites is 1. The van der Waals surface area contributed by atoms with E-state index in [1.807, 2.05) is 13.0 Å². The van der Waals surface area contributed by atoms with Crippen molar-refractivity contribution in [2.75, 3.05) is 30.4 Å². The zero-order valence-electron chi connectivity index (χ0n) is 13.8. The number of nitrogens with one attached hydrogen (secondary N) is 1. The van der Waals surface area contributed by atoms with Crippen LogP contribution in [-0.4, -0.2) is 36.2 Å². The fraction of sp³-hybridized carbons (Fsp3) is 0.444. The van der Waals surface area contributed by atoms with Crippen LogP contribution in [0, 0.1) is 6.92 Å². The Balaban J connectivity index is 1.71. The van der Waals surface area contributed by atoms with Gasteiger partial charge in [-0.05, 0) is 31.9 Å². The number of benzene rings is 1. The number of aryl methyl sites for hydroxylation is 1. The van der Waals surface area contributed by atoms with E-state index in [1.165, 1.54) is 12.1 Å². The topological polar surface area (TPSA) is 50.3 Å². The highest BCUT2D eigenvalue weighted by molar-refractivity contribution is 5.46. The lowest BCUT2D eigenvalue weighted by Gasteiger charge is -2.34. The maximum Gasteiger partial charge on any atom is 0.156 e. The number of ether oxygens (including phenoxy) is 1. The summed E-state index contributed by atoms with van der Waals surface area (Å²) in [6, 6.07) is 12.9. The van der Waals surface area contributed by atoms with Gasteiger partial charge in [-0.3, -0.25) is 0 Å². The molecular weight excluding hydrogens is 288 g/mol. The Morgan fingerprint density at radius 1 is 1.26 bits per heavy atom. The Morgan fingerprint density at radius 3 is 2.87 bits per heavy atom. The predicted molar refractivity (Wildman–Crippen MR) is 92.8 cm³/mol. The van der Waals surface area contributed by atoms with Crippen molar-refractivity contribution < 1.29 is 4.74 Å². The molecule has 1 aliphatic rings. The zero-order chi connectivity index (χ0) is 16.1. The van der Waals surface area contributed by atoms with Crippen LogP contribution in [0.25, 0.3) is 0 Å². The highest BCUT2D eigenvalue weighted by Gasteiger charge is 2.21. The van der Waals surface area contributed by atoms with E-state index in [2.05, 4.69) is 50.5 Å². The van der Waals surface area contributed by atoms with E-state index in [4.69, 9.17) is 4.74 Å². The molecule has 1 N–H and O–H groups in total. The van der Waals surface area contributed by atoms with Crippen LogP contribution < -0.4 is 10.2 Å². The molecule has 1 saturated heterocycles. The summed E-state index contributed by atoms with van der Waals surface area (Å²) in [5, 5.41) is 3.63. The Labute approximate surface area is 137 Å². The molecule has 0 aliphatic carbocycles. The number of piperidine rings is 1. The second-order valence-corrected chi connectivity index (χ2v) is 6.01. The molecule has 1 aromatic carbocycles. The summed E-state index contributed by atoms with van der Waals surface area (Å²) < 4.78 is 5.17. The van der Waals surface area contributed by atoms with Crippen LogP contribution >= 0.6 is 0 Å². The third-order valence-electron chi connectivity index (χ3n) is 4.05. The summed E-state index contributed by atoms with van der Waals surface area (Å²) >= 11 is 0. The maximum atomic E-state index is 5.17. The number of rotatable bonds is 5. The molecule has 1 atom stereocenters. The fourth-order valence-electron chi connectivity index (χ4n) is 3.04. The molecule has 0 amide bonds. The van der Waals surface area contributed by atoms with Crippen LogP contribution in [0.3, 0.4) is 0 Å². The van der Waals surface area contributed by atoms with Crippen molar-refractivity contribution in [1.82, 2.24) is 9.97 Å². The molecule has 5 heteroatoms. The molecule has 3 rings (SSSR count). The van der Waals surface area contributed by atoms with E-state index in [-0.39, 0.29) is 0 Å². The van der Waals surface area contributed by atoms with Gasteiger partial charge in [0.15, 0.2) is 5.82 Å². The highest BCUT2D eigenvalue weighted by atomic mass is 16.5. The lowest BCUT2D eigenvalue weighted by atomic mass is 10.1. The fourth-order valence-corrected chi connectivity index (χ4v) is 3.04. The summed E-state index contributed by atoms with van der Waals surface area (Å²) in [6.45, 7) is 4.45. The molecular formula is C18H24N4O. The third kappa shape index (κ3) is 4.20. The normalized spacial score (nSPS) is 18.0. The minimum Gasteiger partial charge on any atom is -0.381 e. The minimum absolute atomic E-state index is 0.437. The number of methoxy groups -OCH3 is 1. The van der Waals surface area contributed by atoms with E-state index in [9.17, 15) is 0 Å². The number of hydrogen-bond acceptors (Lipinski definition) is 5. The van der Waals surface area contributed by atoms with Gasteiger partial charge in [0, 0.05) is 43.7 Å². The smallest absolute Gasteiger partial charge is 0.156 e. The summed E-state index contributed by atoms with van der Waals surface area (Å²) in [6.07, 6.45) is 2.34. The van der Waals surface area contributed by atoms with Gasteiger partial charge in [0.2, 0.25) is 0 Å². The Morgan fingerprint density at radius 2 is 2.09 bits per heavy atom. The van der Waals surface area contributed by atoms with E-state index in [1.54, 1.807) is 7.11 Å². The van der Waals surface area contributed by atoms with Gasteiger partial charge in [0.25, 0.3) is 0 Å². The zero-order valence-corrected chi connectivity index (χ0v) is 13.8. The molecule has 1 fully saturated rings. The van der Waals surface area contributed by atoms with Crippen LogP contribution in [-0.2, 0) is 11.3 Å². The first-order chi connectivity index (χ1) is 11.2. The first kappa shape index (κ1) is 15.7. The van der Waals surface area contributed by atoms with Gasteiger partial charge in [-0.1, -0.05) is 18.2 Å². The average Bonchev–Trinajstić information content (AvgIpc) is 2.56. The molecule has 0 radical (unpaired) electrons. The Hall–Kier alpha value is -2.14. The largest absolute Gasteiger partial charge is 0.381 e. The van der Waals surface area contributed by atoms with Gasteiger partial charge in [0.05, 0.1) is 0 Å². The van der Waals surface area contributed by atoms with Crippen LogP contribution in [0.4, 0.5) is 11.5 Å². The minimum atomic E-state index is 0.437. The number of anilines is 2. The summed E-state index contributed by atoms with van der Waals surface area (Å²) in [7, 11) is 1.67. The Kier molecular flexibility index (Phi) is 5.08. The maximum absolute atomic E-state index is 5.17. The van der Waals surface area contributed by atoms with Crippen molar-refractivity contribution in [2.45, 2.75) is 32.4 Å². The molecule has 5 nitrogen and oxygen atoms in total. The van der Waals surface area contributed by atoms with Crippen LogP contribution in [0.15, 0.2) is 36.4 Å². The summed E-state index contributed by atoms with van der Waals surface area (Å²) in [5.74, 6) is 1.75. The molecule has 122 valence electrons. The van der Waals surface area contributed by atoms with Crippen molar-refractivity contribution in [3.8, 4) is 0 Å². The summed E-state index contributed by atoms with van der Waals surface area (Å²) in [5.41, 5.74) is 2.17. The standard InChI is InChI=1S/C18H24N4O/c1-14-11-18(21-17(19-14)13-23-2)22-10-6-9-16(12-22)20-15-7-4-3-5-8-15/h3-5,7-8,11,16,20H,6,9-10,12-13H2,1-2H3/t16-/m0/s1. The predicted octanol–water partition coefficient (Wildman–Crippen LogP) is 3.01. The van der Waals surface area contributed by atoms with Crippen molar-refractivity contribution >= 4 is 11.5 Å². The summed E-state index contributed by atoms with van der Waals surface area (Å²) in [4.78, 5) is 11.4. The molecule has 1 aliphatic heterocycles. The van der Waals surface area contributed by atoms with E-state index >= 15 is 0 Å². The second-order valence-electron chi connectivity index (χ2n) is 6.01. The van der Waals surface area contributed by atoms with E-state index < -0.39 is 0 Å². The number of nitrogens with zero attached hydrogens (tertiary/aromatic N) is 3. The van der Waals surface area contributed by atoms with Gasteiger partial charge in [-0.2, -0.15) is 0 Å². The van der Waals surface area contributed by atoms with E-state index in [0.717, 1.165) is 36.8 Å². The Bertz CT molecular complexity index is 632. The molecule has 0 unspecified atom stereocenters. The van der Waals surface area contributed by atoms with Crippen LogP contribution in [0.5, 0.6) is 0 Å². The molecule has 0 bridgehead atoms. The van der Waals surface area contributed by atoms with Crippen molar-refractivity contribution in [3.63, 3.8) is 0 Å². The van der Waals surface area contributed by atoms with E-state index in [0.29, 0.717) is 12.6 Å². The van der Waals surface area contributed by atoms with Gasteiger partial charge in [-0.25, -0.2) is 9.97 Å². The number of hydrogen-bond donors (Lipinski definition) is 1. The average molecular weight is 312 g/mol. The SMILES string of the molecule is COCc1nc(C)cc(N2CCC[C@H](Nc3ccccc3)C2)n1. The van der Waals surface area contributed by atoms with Gasteiger partial charge >= 0.3 is 0 Å². The van der Waals surface area contributed by atoms with Crippen molar-refractivity contribution in [2.24, 2.45) is 0 Å². The lowest BCUT2D eigenvalue weighted by Crippen LogP contribution is -2.42. The molecule has 0 saturated carbocycles. The molecule has 23 heavy (non-hydrogen) atoms. The van der Waals surface area contributed by atoms with Gasteiger partial charge < -0.3 is 15.0 Å². The first-order valence-corrected chi connectivity index (χ1v) is 8.14. The van der Waals surface area contributed by atoms with Crippen LogP contribution in [0.1, 0.15) is 24.4 Å². The third-order valence-corrected chi connectivity index (χ3v) is 4.05. The second kappa shape index (κ2) is 7.42. The lowest BCUT2D eigenvalue weighted by molar-refractivity contribution is 0.177. The monoisotopic (exact) mass is 312 g/mol. The molecule has 2 heterocycles. The molecule has 1 aromatic heterocycles. The van der Waals surface area contributed by atoms with Crippen LogP contribution in [0.2, 0.25) is 0 Å². The van der Waals surface area contributed by atoms with Gasteiger partial charge in [0.1, 0.15) is 12.4 Å². The van der Waals surface area contributed by atoms with Crippen molar-refractivity contribution in [1.29, 1.82) is 0 Å². The molecule has 2 aromatic rings. The number of aromatic nitrogens is 2. The quantitative estimate of drug-likeness (QED) is 0.920. The van der Waals surface area contributed by atoms with Gasteiger partial charge in [-0.15, -0.1) is 0 Å².